The maximum atomic E-state index is 5.96. The van der Waals surface area contributed by atoms with Crippen molar-refractivity contribution < 1.29 is 9.15 Å². The van der Waals surface area contributed by atoms with E-state index in [1.54, 1.807) is 6.26 Å². The van der Waals surface area contributed by atoms with E-state index >= 15 is 0 Å². The molecule has 0 amide bonds. The van der Waals surface area contributed by atoms with Crippen LogP contribution in [0.5, 0.6) is 0 Å². The van der Waals surface area contributed by atoms with E-state index in [1.165, 1.54) is 0 Å². The summed E-state index contributed by atoms with van der Waals surface area (Å²) in [6.07, 6.45) is 5.22. The summed E-state index contributed by atoms with van der Waals surface area (Å²) < 4.78 is 11.3. The van der Waals surface area contributed by atoms with Crippen molar-refractivity contribution in [1.82, 2.24) is 0 Å². The van der Waals surface area contributed by atoms with Crippen LogP contribution in [0.2, 0.25) is 0 Å². The molecule has 2 nitrogen and oxygen atoms in total. The second-order valence-electron chi connectivity index (χ2n) is 4.14. The van der Waals surface area contributed by atoms with Crippen LogP contribution in [0.1, 0.15) is 25.5 Å². The molecule has 2 heterocycles. The smallest absolute Gasteiger partial charge is 0.106 e. The number of hydrogen-bond donors (Lipinski definition) is 0. The first-order chi connectivity index (χ1) is 6.72. The second-order valence-corrected chi connectivity index (χ2v) is 4.79. The van der Waals surface area contributed by atoms with Crippen LogP contribution in [-0.4, -0.2) is 17.0 Å². The predicted molar refractivity (Wildman–Crippen MR) is 58.7 cm³/mol. The van der Waals surface area contributed by atoms with Gasteiger partial charge in [0.1, 0.15) is 5.76 Å². The highest BCUT2D eigenvalue weighted by molar-refractivity contribution is 9.09. The molecule has 0 spiro atoms. The first-order valence-corrected chi connectivity index (χ1v) is 6.10. The van der Waals surface area contributed by atoms with Crippen molar-refractivity contribution >= 4 is 15.9 Å². The summed E-state index contributed by atoms with van der Waals surface area (Å²) in [5.41, 5.74) is -0.0315. The molecular weight excluding hydrogens is 244 g/mol. The topological polar surface area (TPSA) is 22.4 Å². The van der Waals surface area contributed by atoms with Gasteiger partial charge < -0.3 is 9.15 Å². The third-order valence-corrected chi connectivity index (χ3v) is 3.47. The summed E-state index contributed by atoms with van der Waals surface area (Å²) in [7, 11) is 0. The highest BCUT2D eigenvalue weighted by Gasteiger charge is 2.36. The van der Waals surface area contributed by atoms with Crippen LogP contribution in [0.25, 0.3) is 0 Å². The Morgan fingerprint density at radius 3 is 3.07 bits per heavy atom. The summed E-state index contributed by atoms with van der Waals surface area (Å²) in [4.78, 5) is 0. The Balaban J connectivity index is 1.97. The zero-order valence-corrected chi connectivity index (χ0v) is 9.92. The average molecular weight is 259 g/mol. The molecule has 78 valence electrons. The maximum Gasteiger partial charge on any atom is 0.106 e. The van der Waals surface area contributed by atoms with Gasteiger partial charge in [-0.15, -0.1) is 0 Å². The zero-order chi connectivity index (χ0) is 10.0. The average Bonchev–Trinajstić information content (AvgIpc) is 2.76. The molecule has 1 aromatic heterocycles. The first-order valence-electron chi connectivity index (χ1n) is 4.98. The summed E-state index contributed by atoms with van der Waals surface area (Å²) in [5, 5.41) is 0.931. The van der Waals surface area contributed by atoms with Gasteiger partial charge in [-0.05, 0) is 31.9 Å². The van der Waals surface area contributed by atoms with Gasteiger partial charge in [0.2, 0.25) is 0 Å². The lowest BCUT2D eigenvalue weighted by Gasteiger charge is -2.23. The fourth-order valence-corrected chi connectivity index (χ4v) is 2.46. The Bertz CT molecular complexity index is 283. The minimum Gasteiger partial charge on any atom is -0.469 e. The molecule has 1 aliphatic rings. The molecule has 14 heavy (non-hydrogen) atoms. The van der Waals surface area contributed by atoms with Crippen LogP contribution in [-0.2, 0) is 11.2 Å². The molecule has 1 saturated heterocycles. The van der Waals surface area contributed by atoms with Crippen LogP contribution < -0.4 is 0 Å². The van der Waals surface area contributed by atoms with E-state index in [0.717, 1.165) is 30.4 Å². The molecule has 0 aromatic carbocycles. The number of ether oxygens (including phenoxy) is 1. The van der Waals surface area contributed by atoms with Gasteiger partial charge in [0.15, 0.2) is 0 Å². The largest absolute Gasteiger partial charge is 0.469 e. The Hall–Kier alpha value is -0.280. The van der Waals surface area contributed by atoms with E-state index in [-0.39, 0.29) is 5.60 Å². The van der Waals surface area contributed by atoms with Crippen LogP contribution in [0.4, 0.5) is 0 Å². The molecule has 1 aliphatic heterocycles. The van der Waals surface area contributed by atoms with Crippen molar-refractivity contribution in [1.29, 1.82) is 0 Å². The first kappa shape index (κ1) is 10.2. The van der Waals surface area contributed by atoms with Crippen molar-refractivity contribution in [3.05, 3.63) is 24.2 Å². The van der Waals surface area contributed by atoms with Gasteiger partial charge in [-0.2, -0.15) is 0 Å². The third-order valence-electron chi connectivity index (χ3n) is 2.75. The fraction of sp³-hybridized carbons (Fsp3) is 0.636. The molecular formula is C11H15BrO2. The summed E-state index contributed by atoms with van der Waals surface area (Å²) in [6, 6.07) is 3.94. The molecule has 2 atom stereocenters. The Morgan fingerprint density at radius 2 is 2.50 bits per heavy atom. The summed E-state index contributed by atoms with van der Waals surface area (Å²) in [5.74, 6) is 1.02. The van der Waals surface area contributed by atoms with Crippen molar-refractivity contribution in [2.24, 2.45) is 0 Å². The van der Waals surface area contributed by atoms with E-state index < -0.39 is 0 Å². The van der Waals surface area contributed by atoms with Crippen LogP contribution in [0.15, 0.2) is 22.8 Å². The van der Waals surface area contributed by atoms with Gasteiger partial charge in [0.25, 0.3) is 0 Å². The molecule has 2 unspecified atom stereocenters. The quantitative estimate of drug-likeness (QED) is 0.778. The summed E-state index contributed by atoms with van der Waals surface area (Å²) in [6.45, 7) is 2.16. The molecule has 0 saturated carbocycles. The predicted octanol–water partition coefficient (Wildman–Crippen LogP) is 3.15. The Kier molecular flexibility index (Phi) is 2.98. The van der Waals surface area contributed by atoms with Gasteiger partial charge in [0, 0.05) is 11.8 Å². The van der Waals surface area contributed by atoms with E-state index in [1.807, 2.05) is 12.1 Å². The molecule has 0 radical (unpaired) electrons. The molecule has 3 heteroatoms. The van der Waals surface area contributed by atoms with E-state index in [9.17, 15) is 0 Å². The van der Waals surface area contributed by atoms with Gasteiger partial charge in [-0.3, -0.25) is 0 Å². The van der Waals surface area contributed by atoms with E-state index in [0.29, 0.717) is 6.10 Å². The molecule has 0 N–H and O–H groups in total. The Morgan fingerprint density at radius 1 is 1.64 bits per heavy atom. The monoisotopic (exact) mass is 258 g/mol. The van der Waals surface area contributed by atoms with Gasteiger partial charge in [-0.25, -0.2) is 0 Å². The fourth-order valence-electron chi connectivity index (χ4n) is 2.01. The highest BCUT2D eigenvalue weighted by Crippen LogP contribution is 2.33. The Labute approximate surface area is 92.8 Å². The number of furan rings is 1. The highest BCUT2D eigenvalue weighted by atomic mass is 79.9. The minimum absolute atomic E-state index is 0.0315. The molecule has 2 rings (SSSR count). The second kappa shape index (κ2) is 4.07. The van der Waals surface area contributed by atoms with Gasteiger partial charge >= 0.3 is 0 Å². The minimum atomic E-state index is -0.0315. The SMILES string of the molecule is CC1(Cc2ccco2)CCC(CBr)O1. The van der Waals surface area contributed by atoms with Crippen LogP contribution >= 0.6 is 15.9 Å². The third kappa shape index (κ3) is 2.20. The lowest BCUT2D eigenvalue weighted by Crippen LogP contribution is -2.28. The lowest BCUT2D eigenvalue weighted by atomic mass is 9.97. The normalized spacial score (nSPS) is 32.3. The standard InChI is InChI=1S/C11H15BrO2/c1-11(5-4-10(8-12)14-11)7-9-3-2-6-13-9/h2-3,6,10H,4-5,7-8H2,1H3. The number of hydrogen-bond acceptors (Lipinski definition) is 2. The zero-order valence-electron chi connectivity index (χ0n) is 8.33. The van der Waals surface area contributed by atoms with Gasteiger partial charge in [0.05, 0.1) is 18.0 Å². The number of alkyl halides is 1. The van der Waals surface area contributed by atoms with E-state index in [4.69, 9.17) is 9.15 Å². The summed E-state index contributed by atoms with van der Waals surface area (Å²) >= 11 is 3.46. The van der Waals surface area contributed by atoms with Crippen molar-refractivity contribution in [3.63, 3.8) is 0 Å². The van der Waals surface area contributed by atoms with Crippen LogP contribution in [0.3, 0.4) is 0 Å². The van der Waals surface area contributed by atoms with Crippen molar-refractivity contribution in [2.45, 2.75) is 37.9 Å². The van der Waals surface area contributed by atoms with Crippen LogP contribution in [0, 0.1) is 0 Å². The number of halogens is 1. The molecule has 0 aliphatic carbocycles. The van der Waals surface area contributed by atoms with Crippen molar-refractivity contribution in [3.8, 4) is 0 Å². The lowest BCUT2D eigenvalue weighted by molar-refractivity contribution is -0.0205. The molecule has 1 fully saturated rings. The molecule has 0 bridgehead atoms. The van der Waals surface area contributed by atoms with E-state index in [2.05, 4.69) is 22.9 Å². The molecule has 1 aromatic rings. The maximum absolute atomic E-state index is 5.96. The van der Waals surface area contributed by atoms with Crippen molar-refractivity contribution in [2.75, 3.05) is 5.33 Å². The number of rotatable bonds is 3. The van der Waals surface area contributed by atoms with Gasteiger partial charge in [-0.1, -0.05) is 15.9 Å².